The van der Waals surface area contributed by atoms with Crippen LogP contribution in [0, 0.1) is 23.3 Å². The fourth-order valence-electron chi connectivity index (χ4n) is 1.32. The Kier molecular flexibility index (Phi) is 11.0. The predicted molar refractivity (Wildman–Crippen MR) is 106 cm³/mol. The first-order chi connectivity index (χ1) is 13.2. The molecule has 0 bridgehead atoms. The Labute approximate surface area is 171 Å². The molecule has 0 heterocycles. The number of sulfonamides is 1. The molecule has 0 saturated carbocycles. The SMILES string of the molecule is CCS(=O)(=O)Cl.CCS(=O)(=O)Nc1ccc(F)c(F)c1.Nc1ccc(F)c(F)c1. The minimum absolute atomic E-state index is 0.00849. The second-order valence-electron chi connectivity index (χ2n) is 5.14. The first kappa shape index (κ1) is 27.0. The van der Waals surface area contributed by atoms with Crippen molar-refractivity contribution in [3.63, 3.8) is 0 Å². The van der Waals surface area contributed by atoms with Crippen molar-refractivity contribution in [2.24, 2.45) is 0 Å². The van der Waals surface area contributed by atoms with Crippen LogP contribution in [0.4, 0.5) is 28.9 Å². The van der Waals surface area contributed by atoms with Crippen molar-refractivity contribution >= 4 is 41.1 Å². The number of halogens is 5. The van der Waals surface area contributed by atoms with E-state index in [1.54, 1.807) is 0 Å². The van der Waals surface area contributed by atoms with Gasteiger partial charge in [-0.25, -0.2) is 34.4 Å². The fourth-order valence-corrected chi connectivity index (χ4v) is 1.95. The summed E-state index contributed by atoms with van der Waals surface area (Å²) in [6.45, 7) is 2.94. The third kappa shape index (κ3) is 12.2. The van der Waals surface area contributed by atoms with Gasteiger partial charge in [0.25, 0.3) is 0 Å². The topological polar surface area (TPSA) is 106 Å². The average Bonchev–Trinajstić information content (AvgIpc) is 2.62. The Morgan fingerprint density at radius 2 is 1.28 bits per heavy atom. The molecule has 2 aromatic carbocycles. The lowest BCUT2D eigenvalue weighted by Gasteiger charge is -2.05. The molecule has 0 atom stereocenters. The summed E-state index contributed by atoms with van der Waals surface area (Å²) in [6.07, 6.45) is 0. The van der Waals surface area contributed by atoms with E-state index in [0.717, 1.165) is 30.3 Å². The second-order valence-corrected chi connectivity index (χ2v) is 10.2. The van der Waals surface area contributed by atoms with E-state index < -0.39 is 42.3 Å². The summed E-state index contributed by atoms with van der Waals surface area (Å²) >= 11 is 0. The van der Waals surface area contributed by atoms with Crippen LogP contribution in [0.15, 0.2) is 36.4 Å². The molecule has 2 aromatic rings. The van der Waals surface area contributed by atoms with E-state index in [4.69, 9.17) is 5.73 Å². The Morgan fingerprint density at radius 1 is 0.828 bits per heavy atom. The van der Waals surface area contributed by atoms with Gasteiger partial charge in [-0.05, 0) is 37.3 Å². The van der Waals surface area contributed by atoms with Gasteiger partial charge in [-0.2, -0.15) is 0 Å². The van der Waals surface area contributed by atoms with Gasteiger partial charge in [0.1, 0.15) is 0 Å². The van der Waals surface area contributed by atoms with E-state index in [2.05, 4.69) is 15.4 Å². The molecular formula is C16H19ClF4N2O4S2. The monoisotopic (exact) mass is 478 g/mol. The highest BCUT2D eigenvalue weighted by molar-refractivity contribution is 8.13. The Hall–Kier alpha value is -2.05. The number of anilines is 2. The number of nitrogens with two attached hydrogens (primary N) is 1. The van der Waals surface area contributed by atoms with Crippen molar-refractivity contribution in [2.75, 3.05) is 22.0 Å². The first-order valence-electron chi connectivity index (χ1n) is 7.79. The van der Waals surface area contributed by atoms with Gasteiger partial charge in [0.2, 0.25) is 19.1 Å². The molecule has 0 unspecified atom stereocenters. The van der Waals surface area contributed by atoms with Gasteiger partial charge in [-0.1, -0.05) is 6.92 Å². The lowest BCUT2D eigenvalue weighted by molar-refractivity contribution is 0.509. The minimum atomic E-state index is -3.44. The van der Waals surface area contributed by atoms with Gasteiger partial charge in [-0.3, -0.25) is 4.72 Å². The van der Waals surface area contributed by atoms with Crippen LogP contribution in [0.3, 0.4) is 0 Å². The standard InChI is InChI=1S/C8H9F2NO2S.C6H5F2N.C2H5ClO2S/c1-2-14(12,13)11-6-3-4-7(9)8(10)5-6;7-5-2-1-4(9)3-6(5)8;1-2-6(3,4)5/h3-5,11H,2H2,1H3;1-3H,9H2;2H2,1H3. The summed E-state index contributed by atoms with van der Waals surface area (Å²) < 4.78 is 93.0. The van der Waals surface area contributed by atoms with E-state index in [0.29, 0.717) is 0 Å². The summed E-state index contributed by atoms with van der Waals surface area (Å²) in [6, 6.07) is 6.05. The zero-order valence-corrected chi connectivity index (χ0v) is 17.7. The summed E-state index contributed by atoms with van der Waals surface area (Å²) in [4.78, 5) is 0. The van der Waals surface area contributed by atoms with Gasteiger partial charge < -0.3 is 5.73 Å². The van der Waals surface area contributed by atoms with Gasteiger partial charge in [0.15, 0.2) is 23.3 Å². The van der Waals surface area contributed by atoms with Crippen LogP contribution in [0.5, 0.6) is 0 Å². The van der Waals surface area contributed by atoms with Crippen LogP contribution < -0.4 is 10.5 Å². The molecule has 0 fully saturated rings. The first-order valence-corrected chi connectivity index (χ1v) is 11.9. The Bertz CT molecular complexity index is 1020. The van der Waals surface area contributed by atoms with Crippen molar-refractivity contribution in [1.29, 1.82) is 0 Å². The molecule has 0 radical (unpaired) electrons. The summed E-state index contributed by atoms with van der Waals surface area (Å²) in [5.41, 5.74) is 5.37. The summed E-state index contributed by atoms with van der Waals surface area (Å²) in [5.74, 6) is -3.98. The molecule has 29 heavy (non-hydrogen) atoms. The zero-order chi connectivity index (χ0) is 22.8. The zero-order valence-electron chi connectivity index (χ0n) is 15.3. The lowest BCUT2D eigenvalue weighted by Crippen LogP contribution is -2.14. The van der Waals surface area contributed by atoms with Crippen molar-refractivity contribution in [3.05, 3.63) is 59.7 Å². The molecule has 0 aliphatic rings. The van der Waals surface area contributed by atoms with E-state index in [-0.39, 0.29) is 22.9 Å². The summed E-state index contributed by atoms with van der Waals surface area (Å²) in [7, 11) is -1.94. The normalized spacial score (nSPS) is 10.9. The molecule has 0 spiro atoms. The number of hydrogen-bond acceptors (Lipinski definition) is 5. The van der Waals surface area contributed by atoms with Gasteiger partial charge in [-0.15, -0.1) is 0 Å². The third-order valence-corrected chi connectivity index (χ3v) is 5.51. The maximum Gasteiger partial charge on any atom is 0.232 e. The van der Waals surface area contributed by atoms with Crippen molar-refractivity contribution < 1.29 is 34.4 Å². The van der Waals surface area contributed by atoms with E-state index in [1.165, 1.54) is 19.9 Å². The van der Waals surface area contributed by atoms with E-state index >= 15 is 0 Å². The van der Waals surface area contributed by atoms with Crippen LogP contribution in [-0.2, 0) is 19.1 Å². The third-order valence-electron chi connectivity index (χ3n) is 2.86. The van der Waals surface area contributed by atoms with Gasteiger partial charge in [0, 0.05) is 22.4 Å². The largest absolute Gasteiger partial charge is 0.399 e. The average molecular weight is 479 g/mol. The quantitative estimate of drug-likeness (QED) is 0.394. The smallest absolute Gasteiger partial charge is 0.232 e. The molecule has 164 valence electrons. The van der Waals surface area contributed by atoms with Crippen LogP contribution >= 0.6 is 10.7 Å². The molecule has 0 aliphatic heterocycles. The maximum atomic E-state index is 12.6. The molecule has 0 aromatic heterocycles. The number of nitrogens with one attached hydrogen (secondary N) is 1. The lowest BCUT2D eigenvalue weighted by atomic mass is 10.3. The Morgan fingerprint density at radius 3 is 1.62 bits per heavy atom. The molecule has 6 nitrogen and oxygen atoms in total. The molecule has 13 heteroatoms. The van der Waals surface area contributed by atoms with Crippen LogP contribution in [0.25, 0.3) is 0 Å². The fraction of sp³-hybridized carbons (Fsp3) is 0.250. The molecule has 0 amide bonds. The number of benzene rings is 2. The predicted octanol–water partition coefficient (Wildman–Crippen LogP) is 3.85. The second kappa shape index (κ2) is 11.8. The molecule has 3 N–H and O–H groups in total. The van der Waals surface area contributed by atoms with Crippen LogP contribution in [0.2, 0.25) is 0 Å². The molecule has 2 rings (SSSR count). The van der Waals surface area contributed by atoms with Gasteiger partial charge in [0.05, 0.1) is 17.2 Å². The number of rotatable bonds is 4. The van der Waals surface area contributed by atoms with Crippen LogP contribution in [-0.4, -0.2) is 28.3 Å². The Balaban J connectivity index is 0.000000448. The van der Waals surface area contributed by atoms with Crippen molar-refractivity contribution in [1.82, 2.24) is 0 Å². The molecular weight excluding hydrogens is 460 g/mol. The van der Waals surface area contributed by atoms with E-state index in [1.807, 2.05) is 0 Å². The number of nitrogen functional groups attached to an aromatic ring is 1. The highest BCUT2D eigenvalue weighted by atomic mass is 35.7. The van der Waals surface area contributed by atoms with E-state index in [9.17, 15) is 34.4 Å². The van der Waals surface area contributed by atoms with Crippen molar-refractivity contribution in [3.8, 4) is 0 Å². The minimum Gasteiger partial charge on any atom is -0.399 e. The summed E-state index contributed by atoms with van der Waals surface area (Å²) in [5, 5.41) is 0. The van der Waals surface area contributed by atoms with Crippen LogP contribution in [0.1, 0.15) is 13.8 Å². The van der Waals surface area contributed by atoms with Crippen molar-refractivity contribution in [2.45, 2.75) is 13.8 Å². The molecule has 0 aliphatic carbocycles. The highest BCUT2D eigenvalue weighted by Gasteiger charge is 2.08. The molecule has 0 saturated heterocycles. The van der Waals surface area contributed by atoms with Gasteiger partial charge >= 0.3 is 0 Å². The maximum absolute atomic E-state index is 12.6. The highest BCUT2D eigenvalue weighted by Crippen LogP contribution is 2.14. The number of hydrogen-bond donors (Lipinski definition) is 2.